The van der Waals surface area contributed by atoms with Crippen molar-refractivity contribution in [2.24, 2.45) is 0 Å². The van der Waals surface area contributed by atoms with Gasteiger partial charge in [0.1, 0.15) is 23.7 Å². The van der Waals surface area contributed by atoms with E-state index in [1.807, 2.05) is 37.3 Å². The predicted octanol–water partition coefficient (Wildman–Crippen LogP) is 5.95. The van der Waals surface area contributed by atoms with Gasteiger partial charge in [0.2, 0.25) is 0 Å². The quantitative estimate of drug-likeness (QED) is 0.503. The number of ether oxygens (including phenoxy) is 1. The molecule has 26 heavy (non-hydrogen) atoms. The summed E-state index contributed by atoms with van der Waals surface area (Å²) < 4.78 is 37.8. The maximum Gasteiger partial charge on any atom is 0.184 e. The Bertz CT molecular complexity index is 848. The van der Waals surface area contributed by atoms with Gasteiger partial charge in [-0.1, -0.05) is 29.8 Å². The minimum atomic E-state index is -0.938. The monoisotopic (exact) mass is 374 g/mol. The lowest BCUT2D eigenvalue weighted by molar-refractivity contribution is 0.360. The van der Waals surface area contributed by atoms with Gasteiger partial charge in [-0.2, -0.15) is 0 Å². The highest BCUT2D eigenvalue weighted by molar-refractivity contribution is 8.02. The van der Waals surface area contributed by atoms with E-state index >= 15 is 0 Å². The summed E-state index contributed by atoms with van der Waals surface area (Å²) in [5, 5.41) is 3.01. The van der Waals surface area contributed by atoms with Crippen LogP contribution in [0.5, 0.6) is 5.75 Å². The second-order valence-corrected chi connectivity index (χ2v) is 8.06. The van der Waals surface area contributed by atoms with Gasteiger partial charge >= 0.3 is 0 Å². The van der Waals surface area contributed by atoms with Gasteiger partial charge in [-0.15, -0.1) is 0 Å². The first-order chi connectivity index (χ1) is 12.6. The van der Waals surface area contributed by atoms with Gasteiger partial charge in [-0.3, -0.25) is 0 Å². The molecule has 0 radical (unpaired) electrons. The van der Waals surface area contributed by atoms with E-state index < -0.39 is 11.6 Å². The third-order valence-electron chi connectivity index (χ3n) is 4.67. The van der Waals surface area contributed by atoms with Crippen molar-refractivity contribution in [3.8, 4) is 5.75 Å². The minimum absolute atomic E-state index is 0.0664. The lowest BCUT2D eigenvalue weighted by Crippen LogP contribution is -2.11. The van der Waals surface area contributed by atoms with Crippen LogP contribution < -0.4 is 14.8 Å². The van der Waals surface area contributed by atoms with E-state index in [2.05, 4.69) is 16.1 Å². The minimum Gasteiger partial charge on any atom is -0.487 e. The number of benzene rings is 2. The van der Waals surface area contributed by atoms with Crippen molar-refractivity contribution in [1.82, 2.24) is 0 Å². The third-order valence-corrected chi connectivity index (χ3v) is 5.99. The summed E-state index contributed by atoms with van der Waals surface area (Å²) in [6.07, 6.45) is 7.18. The topological polar surface area (TPSA) is 33.3 Å². The van der Waals surface area contributed by atoms with Gasteiger partial charge in [-0.25, -0.2) is 8.78 Å². The second kappa shape index (κ2) is 6.83. The number of aryl methyl sites for hydroxylation is 1. The summed E-state index contributed by atoms with van der Waals surface area (Å²) in [4.78, 5) is 0. The highest BCUT2D eigenvalue weighted by Crippen LogP contribution is 2.53. The summed E-state index contributed by atoms with van der Waals surface area (Å²) >= 11 is 1.56. The maximum atomic E-state index is 14.6. The number of hydrogen-bond acceptors (Lipinski definition) is 4. The van der Waals surface area contributed by atoms with Crippen LogP contribution in [0.2, 0.25) is 0 Å². The van der Waals surface area contributed by atoms with Crippen LogP contribution in [-0.2, 0) is 0 Å². The Labute approximate surface area is 156 Å². The number of fused-ring (bicyclic) bond motifs is 1. The number of hydrogen-bond donors (Lipinski definition) is 2. The Morgan fingerprint density at radius 3 is 2.65 bits per heavy atom. The summed E-state index contributed by atoms with van der Waals surface area (Å²) in [5.74, 6) is -1.56. The van der Waals surface area contributed by atoms with Gasteiger partial charge in [-0.05, 0) is 50.3 Å². The van der Waals surface area contributed by atoms with Crippen molar-refractivity contribution in [3.05, 3.63) is 59.7 Å². The number of anilines is 3. The molecule has 0 unspecified atom stereocenters. The Balaban J connectivity index is 1.73. The highest BCUT2D eigenvalue weighted by atomic mass is 32.2. The van der Waals surface area contributed by atoms with Gasteiger partial charge < -0.3 is 14.8 Å². The summed E-state index contributed by atoms with van der Waals surface area (Å²) in [5.41, 5.74) is 2.29. The fraction of sp³-hybridized carbons (Fsp3) is 0.300. The van der Waals surface area contributed by atoms with Crippen LogP contribution in [-0.4, -0.2) is 11.4 Å². The van der Waals surface area contributed by atoms with E-state index in [-0.39, 0.29) is 10.4 Å². The summed E-state index contributed by atoms with van der Waals surface area (Å²) in [6.45, 7) is 2.30. The SMILES string of the molecule is Cc1ccc(Nc2c(F)c(F)cc3c2NSC2(C/C=C/CO3)CC2)cc1. The van der Waals surface area contributed by atoms with Gasteiger partial charge in [0, 0.05) is 16.5 Å². The first-order valence-corrected chi connectivity index (χ1v) is 9.45. The van der Waals surface area contributed by atoms with Crippen LogP contribution in [0.25, 0.3) is 0 Å². The Kier molecular flexibility index (Phi) is 4.53. The van der Waals surface area contributed by atoms with Crippen molar-refractivity contribution in [2.75, 3.05) is 16.6 Å². The van der Waals surface area contributed by atoms with E-state index in [4.69, 9.17) is 4.74 Å². The molecule has 1 saturated carbocycles. The molecule has 136 valence electrons. The first-order valence-electron chi connectivity index (χ1n) is 8.64. The summed E-state index contributed by atoms with van der Waals surface area (Å²) in [6, 6.07) is 8.62. The second-order valence-electron chi connectivity index (χ2n) is 6.79. The molecule has 2 aromatic rings. The number of allylic oxidation sites excluding steroid dienone is 1. The Morgan fingerprint density at radius 1 is 1.15 bits per heavy atom. The first kappa shape index (κ1) is 17.2. The Morgan fingerprint density at radius 2 is 1.92 bits per heavy atom. The summed E-state index contributed by atoms with van der Waals surface area (Å²) in [7, 11) is 0. The molecular weight excluding hydrogens is 354 g/mol. The zero-order valence-corrected chi connectivity index (χ0v) is 15.3. The standard InChI is InChI=1S/C20H20F2N2OS/c1-13-4-6-14(7-5-13)23-19-17(22)15(21)12-16-18(19)24-26-20(9-10-20)8-2-3-11-25-16/h2-7,12,23-24H,8-11H2,1H3/b3-2+. The van der Waals surface area contributed by atoms with Gasteiger partial charge in [0.05, 0.1) is 0 Å². The van der Waals surface area contributed by atoms with E-state index in [9.17, 15) is 8.78 Å². The average molecular weight is 374 g/mol. The van der Waals surface area contributed by atoms with Crippen molar-refractivity contribution in [1.29, 1.82) is 0 Å². The molecule has 0 amide bonds. The van der Waals surface area contributed by atoms with Gasteiger partial charge in [0.25, 0.3) is 0 Å². The normalized spacial score (nSPS) is 19.0. The van der Waals surface area contributed by atoms with Crippen LogP contribution in [0.1, 0.15) is 24.8 Å². The zero-order chi connectivity index (χ0) is 18.1. The molecule has 1 heterocycles. The van der Waals surface area contributed by atoms with Crippen LogP contribution in [0.15, 0.2) is 42.5 Å². The van der Waals surface area contributed by atoms with Crippen molar-refractivity contribution in [2.45, 2.75) is 30.9 Å². The smallest absolute Gasteiger partial charge is 0.184 e. The van der Waals surface area contributed by atoms with E-state index in [0.717, 1.165) is 30.9 Å². The fourth-order valence-electron chi connectivity index (χ4n) is 2.87. The number of nitrogens with one attached hydrogen (secondary N) is 2. The fourth-order valence-corrected chi connectivity index (χ4v) is 3.87. The molecule has 3 nitrogen and oxygen atoms in total. The van der Waals surface area contributed by atoms with Crippen molar-refractivity contribution in [3.63, 3.8) is 0 Å². The molecule has 4 rings (SSSR count). The maximum absolute atomic E-state index is 14.6. The molecular formula is C20H20F2N2OS. The lowest BCUT2D eigenvalue weighted by Gasteiger charge is -2.22. The average Bonchev–Trinajstić information content (AvgIpc) is 3.40. The molecule has 0 bridgehead atoms. The number of halogens is 2. The molecule has 1 spiro atoms. The van der Waals surface area contributed by atoms with Gasteiger partial charge in [0.15, 0.2) is 11.6 Å². The predicted molar refractivity (Wildman–Crippen MR) is 103 cm³/mol. The molecule has 6 heteroatoms. The van der Waals surface area contributed by atoms with E-state index in [0.29, 0.717) is 23.7 Å². The van der Waals surface area contributed by atoms with Crippen LogP contribution in [0.4, 0.5) is 25.8 Å². The highest BCUT2D eigenvalue weighted by Gasteiger charge is 2.43. The third kappa shape index (κ3) is 3.51. The van der Waals surface area contributed by atoms with Crippen LogP contribution in [0, 0.1) is 18.6 Å². The molecule has 0 aromatic heterocycles. The molecule has 0 saturated heterocycles. The molecule has 2 aliphatic rings. The zero-order valence-electron chi connectivity index (χ0n) is 14.4. The lowest BCUT2D eigenvalue weighted by atomic mass is 10.2. The largest absolute Gasteiger partial charge is 0.487 e. The molecule has 2 aromatic carbocycles. The molecule has 2 N–H and O–H groups in total. The Hall–Kier alpha value is -2.21. The van der Waals surface area contributed by atoms with Crippen LogP contribution >= 0.6 is 11.9 Å². The molecule has 1 aliphatic heterocycles. The van der Waals surface area contributed by atoms with E-state index in [1.165, 1.54) is 0 Å². The van der Waals surface area contributed by atoms with Crippen LogP contribution in [0.3, 0.4) is 0 Å². The molecule has 0 atom stereocenters. The number of rotatable bonds is 2. The molecule has 1 aliphatic carbocycles. The molecule has 1 fully saturated rings. The van der Waals surface area contributed by atoms with Crippen molar-refractivity contribution < 1.29 is 13.5 Å². The van der Waals surface area contributed by atoms with Crippen molar-refractivity contribution >= 4 is 29.0 Å². The van der Waals surface area contributed by atoms with E-state index in [1.54, 1.807) is 11.9 Å².